The van der Waals surface area contributed by atoms with Gasteiger partial charge in [0, 0.05) is 43.6 Å². The summed E-state index contributed by atoms with van der Waals surface area (Å²) >= 11 is 0. The maximum atomic E-state index is 13.8. The van der Waals surface area contributed by atoms with Gasteiger partial charge in [0.2, 0.25) is 0 Å². The lowest BCUT2D eigenvalue weighted by Gasteiger charge is -2.43. The molecule has 1 aliphatic carbocycles. The molecule has 1 saturated carbocycles. The maximum absolute atomic E-state index is 13.8. The van der Waals surface area contributed by atoms with Gasteiger partial charge in [-0.3, -0.25) is 9.69 Å². The summed E-state index contributed by atoms with van der Waals surface area (Å²) in [6, 6.07) is 8.47. The van der Waals surface area contributed by atoms with Gasteiger partial charge in [0.05, 0.1) is 5.71 Å². The van der Waals surface area contributed by atoms with Crippen molar-refractivity contribution < 1.29 is 18.8 Å². The van der Waals surface area contributed by atoms with Gasteiger partial charge < -0.3 is 15.3 Å². The first-order valence-electron chi connectivity index (χ1n) is 13.0. The normalized spacial score (nSPS) is 27.4. The van der Waals surface area contributed by atoms with E-state index < -0.39 is 5.60 Å². The zero-order chi connectivity index (χ0) is 25.1. The summed E-state index contributed by atoms with van der Waals surface area (Å²) in [6.45, 7) is 2.84. The Labute approximate surface area is 211 Å². The maximum Gasteiger partial charge on any atom is 0.136 e. The summed E-state index contributed by atoms with van der Waals surface area (Å²) in [5, 5.41) is 4.18. The molecule has 2 aromatic rings. The van der Waals surface area contributed by atoms with Crippen molar-refractivity contribution in [2.24, 2.45) is 17.0 Å². The zero-order valence-corrected chi connectivity index (χ0v) is 20.9. The van der Waals surface area contributed by atoms with Gasteiger partial charge in [-0.15, -0.1) is 0 Å². The number of fused-ring (bicyclic) bond motifs is 1. The Bertz CT molecular complexity index is 1130. The van der Waals surface area contributed by atoms with E-state index in [0.717, 1.165) is 58.2 Å². The van der Waals surface area contributed by atoms with Gasteiger partial charge in [0.1, 0.15) is 35.9 Å². The van der Waals surface area contributed by atoms with Crippen molar-refractivity contribution in [1.29, 1.82) is 0 Å². The first-order valence-corrected chi connectivity index (χ1v) is 13.0. The van der Waals surface area contributed by atoms with E-state index in [0.29, 0.717) is 47.4 Å². The van der Waals surface area contributed by atoms with E-state index in [1.165, 1.54) is 24.8 Å². The molecule has 8 heteroatoms. The number of anilines is 1. The smallest absolute Gasteiger partial charge is 0.136 e. The van der Waals surface area contributed by atoms with Crippen LogP contribution in [0.25, 0.3) is 0 Å². The lowest BCUT2D eigenvalue weighted by atomic mass is 9.72. The number of nitrogens with two attached hydrogens (primary N) is 1. The molecule has 7 nitrogen and oxygen atoms in total. The van der Waals surface area contributed by atoms with Crippen molar-refractivity contribution in [3.05, 3.63) is 53.5 Å². The van der Waals surface area contributed by atoms with Crippen LogP contribution >= 0.6 is 0 Å². The van der Waals surface area contributed by atoms with E-state index in [1.807, 2.05) is 12.1 Å². The van der Waals surface area contributed by atoms with Gasteiger partial charge >= 0.3 is 0 Å². The van der Waals surface area contributed by atoms with Crippen LogP contribution in [-0.2, 0) is 16.2 Å². The minimum Gasteiger partial charge on any atom is -0.486 e. The van der Waals surface area contributed by atoms with Crippen LogP contribution in [0.1, 0.15) is 62.5 Å². The van der Waals surface area contributed by atoms with Crippen LogP contribution < -0.4 is 10.5 Å². The van der Waals surface area contributed by atoms with Gasteiger partial charge in [-0.1, -0.05) is 5.16 Å². The molecule has 2 fully saturated rings. The van der Waals surface area contributed by atoms with E-state index in [-0.39, 0.29) is 11.7 Å². The summed E-state index contributed by atoms with van der Waals surface area (Å²) in [4.78, 5) is 24.8. The van der Waals surface area contributed by atoms with Crippen molar-refractivity contribution in [2.45, 2.75) is 63.5 Å². The Morgan fingerprint density at radius 2 is 2.11 bits per heavy atom. The first-order chi connectivity index (χ1) is 17.4. The number of hydrogen-bond acceptors (Lipinski definition) is 7. The molecule has 2 N–H and O–H groups in total. The number of piperidine rings is 1. The number of carbonyl (C=O) groups excluding carboxylic acids is 1. The summed E-state index contributed by atoms with van der Waals surface area (Å²) in [5.41, 5.74) is 7.95. The summed E-state index contributed by atoms with van der Waals surface area (Å²) in [5.74, 6) is 1.72. The number of rotatable bonds is 6. The van der Waals surface area contributed by atoms with Crippen LogP contribution in [0.2, 0.25) is 0 Å². The number of oxime groups is 1. The van der Waals surface area contributed by atoms with Crippen LogP contribution in [0.5, 0.6) is 5.75 Å². The molecule has 1 aromatic carbocycles. The minimum absolute atomic E-state index is 0.0760. The van der Waals surface area contributed by atoms with E-state index in [2.05, 4.69) is 15.0 Å². The Morgan fingerprint density at radius 1 is 1.28 bits per heavy atom. The number of aromatic nitrogens is 1. The lowest BCUT2D eigenvalue weighted by molar-refractivity contribution is -0.126. The van der Waals surface area contributed by atoms with E-state index >= 15 is 0 Å². The van der Waals surface area contributed by atoms with Gasteiger partial charge in [-0.05, 0) is 86.9 Å². The van der Waals surface area contributed by atoms with Crippen LogP contribution in [0.15, 0.2) is 41.7 Å². The molecular formula is C28H35FN4O3. The lowest BCUT2D eigenvalue weighted by Crippen LogP contribution is -2.46. The number of Topliss-reactive ketones (excluding diaryl/α,β-unsaturated/α-hetero) is 1. The summed E-state index contributed by atoms with van der Waals surface area (Å²) < 4.78 is 20.2. The SMILES string of the molecule is CO/N=C1\CC2(CCC(C(=O)C[C@@H]3CCCN(Cc4ccnc(N)c4)C3)CC2)Oc2ccc(F)cc21. The third kappa shape index (κ3) is 5.53. The monoisotopic (exact) mass is 494 g/mol. The fraction of sp³-hybridized carbons (Fsp3) is 0.536. The van der Waals surface area contributed by atoms with Crippen LogP contribution in [0.4, 0.5) is 10.2 Å². The van der Waals surface area contributed by atoms with E-state index in [9.17, 15) is 9.18 Å². The molecule has 0 radical (unpaired) electrons. The second-order valence-electron chi connectivity index (χ2n) is 10.6. The molecule has 0 bridgehead atoms. The number of nitrogens with zero attached hydrogens (tertiary/aromatic N) is 3. The van der Waals surface area contributed by atoms with Crippen LogP contribution in [0.3, 0.4) is 0 Å². The third-order valence-corrected chi connectivity index (χ3v) is 7.97. The summed E-state index contributed by atoms with van der Waals surface area (Å²) in [7, 11) is 1.50. The minimum atomic E-state index is -0.410. The predicted octanol–water partition coefficient (Wildman–Crippen LogP) is 4.74. The fourth-order valence-corrected chi connectivity index (χ4v) is 6.19. The molecule has 36 heavy (non-hydrogen) atoms. The van der Waals surface area contributed by atoms with Crippen LogP contribution in [-0.4, -0.2) is 47.2 Å². The molecular weight excluding hydrogens is 459 g/mol. The molecule has 3 aliphatic rings. The Kier molecular flexibility index (Phi) is 7.23. The fourth-order valence-electron chi connectivity index (χ4n) is 6.19. The number of likely N-dealkylation sites (tertiary alicyclic amines) is 1. The Morgan fingerprint density at radius 3 is 2.89 bits per heavy atom. The Hall–Kier alpha value is -3.00. The molecule has 3 heterocycles. The van der Waals surface area contributed by atoms with Crippen molar-refractivity contribution in [3.8, 4) is 5.75 Å². The molecule has 2 aliphatic heterocycles. The average molecular weight is 495 g/mol. The Balaban J connectivity index is 1.17. The molecule has 0 unspecified atom stereocenters. The molecule has 192 valence electrons. The van der Waals surface area contributed by atoms with Gasteiger partial charge in [-0.25, -0.2) is 9.37 Å². The standard InChI is InChI=1S/C28H35FN4O3/c1-35-32-24-16-28(36-26-5-4-22(29)15-23(24)26)9-6-21(7-10-28)25(34)13-19-3-2-12-33(17-19)18-20-8-11-31-27(30)14-20/h4-5,8,11,14-15,19,21H,2-3,6-7,9-10,12-13,16-18H2,1H3,(H2,30,31)/b32-24+/t19-,21?,28?/m0/s1. The second-order valence-corrected chi connectivity index (χ2v) is 10.6. The van der Waals surface area contributed by atoms with E-state index in [4.69, 9.17) is 15.3 Å². The topological polar surface area (TPSA) is 90.0 Å². The van der Waals surface area contributed by atoms with Crippen molar-refractivity contribution in [2.75, 3.05) is 25.9 Å². The average Bonchev–Trinajstić information content (AvgIpc) is 2.85. The van der Waals surface area contributed by atoms with Crippen molar-refractivity contribution in [1.82, 2.24) is 9.88 Å². The molecule has 1 spiro atoms. The second kappa shape index (κ2) is 10.5. The van der Waals surface area contributed by atoms with E-state index in [1.54, 1.807) is 12.3 Å². The number of carbonyl (C=O) groups is 1. The largest absolute Gasteiger partial charge is 0.486 e. The number of nitrogen functional groups attached to an aromatic ring is 1. The molecule has 1 atom stereocenters. The van der Waals surface area contributed by atoms with Crippen molar-refractivity contribution in [3.63, 3.8) is 0 Å². The number of ketones is 1. The zero-order valence-electron chi connectivity index (χ0n) is 20.9. The highest BCUT2D eigenvalue weighted by atomic mass is 19.1. The number of pyridine rings is 1. The van der Waals surface area contributed by atoms with Crippen LogP contribution in [0, 0.1) is 17.7 Å². The van der Waals surface area contributed by atoms with Crippen molar-refractivity contribution >= 4 is 17.3 Å². The van der Waals surface area contributed by atoms with Gasteiger partial charge in [0.25, 0.3) is 0 Å². The van der Waals surface area contributed by atoms with Gasteiger partial charge in [-0.2, -0.15) is 0 Å². The number of halogens is 1. The molecule has 1 saturated heterocycles. The molecule has 5 rings (SSSR count). The quantitative estimate of drug-likeness (QED) is 0.584. The number of benzene rings is 1. The molecule has 1 aromatic heterocycles. The number of ether oxygens (including phenoxy) is 1. The van der Waals surface area contributed by atoms with Gasteiger partial charge in [0.15, 0.2) is 0 Å². The highest BCUT2D eigenvalue weighted by Crippen LogP contribution is 2.44. The first kappa shape index (κ1) is 24.7. The highest BCUT2D eigenvalue weighted by molar-refractivity contribution is 6.04. The highest BCUT2D eigenvalue weighted by Gasteiger charge is 2.44. The predicted molar refractivity (Wildman–Crippen MR) is 136 cm³/mol. The third-order valence-electron chi connectivity index (χ3n) is 7.97. The molecule has 0 amide bonds. The number of hydrogen-bond donors (Lipinski definition) is 1. The summed E-state index contributed by atoms with van der Waals surface area (Å²) in [6.07, 6.45) is 8.35.